The predicted molar refractivity (Wildman–Crippen MR) is 84.0 cm³/mol. The van der Waals surface area contributed by atoms with Gasteiger partial charge in [0.25, 0.3) is 0 Å². The third-order valence-corrected chi connectivity index (χ3v) is 4.10. The smallest absolute Gasteiger partial charge is 0.317 e. The molecule has 1 N–H and O–H groups in total. The number of aromatic nitrogens is 1. The van der Waals surface area contributed by atoms with Crippen molar-refractivity contribution in [3.63, 3.8) is 0 Å². The first-order valence-corrected chi connectivity index (χ1v) is 7.58. The summed E-state index contributed by atoms with van der Waals surface area (Å²) in [5, 5.41) is 4.21. The molecule has 1 fully saturated rings. The Morgan fingerprint density at radius 1 is 1.33 bits per heavy atom. The second kappa shape index (κ2) is 6.12. The number of amides is 2. The molecule has 0 unspecified atom stereocenters. The van der Waals surface area contributed by atoms with Gasteiger partial charge in [0.1, 0.15) is 0 Å². The lowest BCUT2D eigenvalue weighted by Gasteiger charge is -2.21. The minimum absolute atomic E-state index is 0.00931. The minimum Gasteiger partial charge on any atom is -0.335 e. The molecule has 3 rings (SSSR count). The van der Waals surface area contributed by atoms with Crippen molar-refractivity contribution in [1.82, 2.24) is 15.2 Å². The second-order valence-electron chi connectivity index (χ2n) is 5.82. The molecule has 1 aliphatic carbocycles. The Bertz CT molecular complexity index is 635. The van der Waals surface area contributed by atoms with E-state index in [-0.39, 0.29) is 6.03 Å². The second-order valence-corrected chi connectivity index (χ2v) is 5.82. The van der Waals surface area contributed by atoms with Gasteiger partial charge in [-0.1, -0.05) is 31.0 Å². The Kier molecular flexibility index (Phi) is 4.04. The van der Waals surface area contributed by atoms with Crippen molar-refractivity contribution in [2.75, 3.05) is 7.05 Å². The molecule has 110 valence electrons. The number of fused-ring (bicyclic) bond motifs is 1. The highest BCUT2D eigenvalue weighted by atomic mass is 16.2. The number of hydrogen-bond donors (Lipinski definition) is 1. The zero-order valence-electron chi connectivity index (χ0n) is 12.4. The molecule has 0 bridgehead atoms. The van der Waals surface area contributed by atoms with Gasteiger partial charge < -0.3 is 10.2 Å². The average Bonchev–Trinajstić information content (AvgIpc) is 3.00. The van der Waals surface area contributed by atoms with Crippen LogP contribution >= 0.6 is 0 Å². The zero-order chi connectivity index (χ0) is 14.7. The highest BCUT2D eigenvalue weighted by Gasteiger charge is 2.19. The van der Waals surface area contributed by atoms with Gasteiger partial charge in [-0.2, -0.15) is 0 Å². The van der Waals surface area contributed by atoms with E-state index in [1.54, 1.807) is 4.90 Å². The zero-order valence-corrected chi connectivity index (χ0v) is 12.4. The van der Waals surface area contributed by atoms with Gasteiger partial charge in [0, 0.05) is 31.2 Å². The molecule has 1 aliphatic rings. The highest BCUT2D eigenvalue weighted by molar-refractivity contribution is 5.79. The van der Waals surface area contributed by atoms with Gasteiger partial charge in [0.15, 0.2) is 0 Å². The first kappa shape index (κ1) is 13.9. The summed E-state index contributed by atoms with van der Waals surface area (Å²) in [6.07, 6.45) is 6.52. The first-order chi connectivity index (χ1) is 10.2. The lowest BCUT2D eigenvalue weighted by atomic mass is 10.1. The normalized spacial score (nSPS) is 15.3. The molecule has 1 aromatic heterocycles. The van der Waals surface area contributed by atoms with E-state index in [1.807, 2.05) is 37.5 Å². The molecule has 1 saturated carbocycles. The maximum absolute atomic E-state index is 12.2. The number of urea groups is 1. The largest absolute Gasteiger partial charge is 0.335 e. The summed E-state index contributed by atoms with van der Waals surface area (Å²) in [6.45, 7) is 0.580. The standard InChI is InChI=1S/C17H21N3O/c1-20(17(21)19-15-7-3-4-8-15)12-13-10-14-6-2-5-9-16(14)18-11-13/h2,5-6,9-11,15H,3-4,7-8,12H2,1H3,(H,19,21). The van der Waals surface area contributed by atoms with Crippen LogP contribution in [0.15, 0.2) is 36.5 Å². The van der Waals surface area contributed by atoms with Gasteiger partial charge >= 0.3 is 6.03 Å². The number of benzene rings is 1. The van der Waals surface area contributed by atoms with Crippen molar-refractivity contribution < 1.29 is 4.79 Å². The molecule has 4 heteroatoms. The maximum Gasteiger partial charge on any atom is 0.317 e. The van der Waals surface area contributed by atoms with E-state index in [0.717, 1.165) is 29.3 Å². The van der Waals surface area contributed by atoms with E-state index in [1.165, 1.54) is 12.8 Å². The summed E-state index contributed by atoms with van der Waals surface area (Å²) in [6, 6.07) is 10.5. The predicted octanol–water partition coefficient (Wildman–Crippen LogP) is 3.32. The summed E-state index contributed by atoms with van der Waals surface area (Å²) >= 11 is 0. The van der Waals surface area contributed by atoms with Crippen molar-refractivity contribution >= 4 is 16.9 Å². The van der Waals surface area contributed by atoms with E-state index in [9.17, 15) is 4.79 Å². The molecule has 21 heavy (non-hydrogen) atoms. The lowest BCUT2D eigenvalue weighted by Crippen LogP contribution is -2.41. The molecule has 1 aromatic carbocycles. The lowest BCUT2D eigenvalue weighted by molar-refractivity contribution is 0.202. The number of carbonyl (C=O) groups excluding carboxylic acids is 1. The van der Waals surface area contributed by atoms with Crippen LogP contribution in [0, 0.1) is 0 Å². The molecule has 0 aliphatic heterocycles. The van der Waals surface area contributed by atoms with Crippen LogP contribution in [0.2, 0.25) is 0 Å². The van der Waals surface area contributed by atoms with E-state index in [2.05, 4.69) is 16.4 Å². The number of para-hydroxylation sites is 1. The van der Waals surface area contributed by atoms with E-state index in [4.69, 9.17) is 0 Å². The molecular weight excluding hydrogens is 262 g/mol. The Morgan fingerprint density at radius 2 is 2.10 bits per heavy atom. The molecule has 1 heterocycles. The average molecular weight is 283 g/mol. The van der Waals surface area contributed by atoms with Crippen LogP contribution < -0.4 is 5.32 Å². The fourth-order valence-corrected chi connectivity index (χ4v) is 2.90. The maximum atomic E-state index is 12.2. The Morgan fingerprint density at radius 3 is 2.90 bits per heavy atom. The van der Waals surface area contributed by atoms with Crippen molar-refractivity contribution in [2.45, 2.75) is 38.3 Å². The van der Waals surface area contributed by atoms with Crippen molar-refractivity contribution in [3.05, 3.63) is 42.1 Å². The monoisotopic (exact) mass is 283 g/mol. The fraction of sp³-hybridized carbons (Fsp3) is 0.412. The topological polar surface area (TPSA) is 45.2 Å². The van der Waals surface area contributed by atoms with Gasteiger partial charge in [-0.25, -0.2) is 4.79 Å². The van der Waals surface area contributed by atoms with Crippen molar-refractivity contribution in [2.24, 2.45) is 0 Å². The van der Waals surface area contributed by atoms with Gasteiger partial charge in [0.05, 0.1) is 5.52 Å². The summed E-state index contributed by atoms with van der Waals surface area (Å²) in [5.41, 5.74) is 2.04. The fourth-order valence-electron chi connectivity index (χ4n) is 2.90. The summed E-state index contributed by atoms with van der Waals surface area (Å²) in [7, 11) is 1.83. The Balaban J connectivity index is 1.64. The quantitative estimate of drug-likeness (QED) is 0.939. The van der Waals surface area contributed by atoms with Gasteiger partial charge in [-0.05, 0) is 30.5 Å². The van der Waals surface area contributed by atoms with Gasteiger partial charge in [-0.15, -0.1) is 0 Å². The SMILES string of the molecule is CN(Cc1cnc2ccccc2c1)C(=O)NC1CCCC1. The number of carbonyl (C=O) groups is 1. The number of nitrogens with one attached hydrogen (secondary N) is 1. The molecule has 2 aromatic rings. The molecule has 4 nitrogen and oxygen atoms in total. The van der Waals surface area contributed by atoms with Crippen LogP contribution in [0.25, 0.3) is 10.9 Å². The Hall–Kier alpha value is -2.10. The third kappa shape index (κ3) is 3.32. The van der Waals surface area contributed by atoms with Crippen LogP contribution in [0.1, 0.15) is 31.2 Å². The molecular formula is C17H21N3O. The van der Waals surface area contributed by atoms with Crippen LogP contribution in [-0.2, 0) is 6.54 Å². The van der Waals surface area contributed by atoms with Crippen LogP contribution in [0.4, 0.5) is 4.79 Å². The third-order valence-electron chi connectivity index (χ3n) is 4.10. The number of nitrogens with zero attached hydrogens (tertiary/aromatic N) is 2. The summed E-state index contributed by atoms with van der Waals surface area (Å²) in [5.74, 6) is 0. The number of hydrogen-bond acceptors (Lipinski definition) is 2. The number of rotatable bonds is 3. The Labute approximate surface area is 125 Å². The molecule has 0 radical (unpaired) electrons. The molecule has 0 saturated heterocycles. The summed E-state index contributed by atoms with van der Waals surface area (Å²) < 4.78 is 0. The molecule has 2 amide bonds. The van der Waals surface area contributed by atoms with Crippen molar-refractivity contribution in [3.8, 4) is 0 Å². The number of pyridine rings is 1. The first-order valence-electron chi connectivity index (χ1n) is 7.58. The van der Waals surface area contributed by atoms with Crippen LogP contribution in [-0.4, -0.2) is 29.0 Å². The molecule has 0 atom stereocenters. The van der Waals surface area contributed by atoms with E-state index in [0.29, 0.717) is 12.6 Å². The summed E-state index contributed by atoms with van der Waals surface area (Å²) in [4.78, 5) is 18.3. The van der Waals surface area contributed by atoms with Crippen molar-refractivity contribution in [1.29, 1.82) is 0 Å². The minimum atomic E-state index is 0.00931. The molecule has 0 spiro atoms. The van der Waals surface area contributed by atoms with E-state index < -0.39 is 0 Å². The van der Waals surface area contributed by atoms with Crippen LogP contribution in [0.3, 0.4) is 0 Å². The van der Waals surface area contributed by atoms with Gasteiger partial charge in [0.2, 0.25) is 0 Å². The van der Waals surface area contributed by atoms with Gasteiger partial charge in [-0.3, -0.25) is 4.98 Å². The van der Waals surface area contributed by atoms with E-state index >= 15 is 0 Å². The highest BCUT2D eigenvalue weighted by Crippen LogP contribution is 2.18. The van der Waals surface area contributed by atoms with Crippen LogP contribution in [0.5, 0.6) is 0 Å².